The fourth-order valence-electron chi connectivity index (χ4n) is 3.44. The number of nitrogens with zero attached hydrogens (tertiary/aromatic N) is 2. The van der Waals surface area contributed by atoms with Crippen molar-refractivity contribution in [2.24, 2.45) is 5.92 Å². The van der Waals surface area contributed by atoms with E-state index in [4.69, 9.17) is 0 Å². The summed E-state index contributed by atoms with van der Waals surface area (Å²) in [4.78, 5) is 5.19. The molecule has 1 aliphatic rings. The molecule has 0 unspecified atom stereocenters. The Balaban J connectivity index is 2.24. The van der Waals surface area contributed by atoms with Crippen molar-refractivity contribution >= 4 is 0 Å². The molecule has 0 spiro atoms. The van der Waals surface area contributed by atoms with Crippen LogP contribution in [0.25, 0.3) is 0 Å². The van der Waals surface area contributed by atoms with Crippen molar-refractivity contribution in [2.75, 3.05) is 39.8 Å². The van der Waals surface area contributed by atoms with Crippen LogP contribution in [0.5, 0.6) is 0 Å². The van der Waals surface area contributed by atoms with E-state index < -0.39 is 0 Å². The highest BCUT2D eigenvalue weighted by atomic mass is 15.2. The van der Waals surface area contributed by atoms with Gasteiger partial charge in [0.2, 0.25) is 0 Å². The summed E-state index contributed by atoms with van der Waals surface area (Å²) < 4.78 is 0. The van der Waals surface area contributed by atoms with Gasteiger partial charge in [-0.05, 0) is 25.8 Å². The largest absolute Gasteiger partial charge is 0.304 e. The minimum Gasteiger partial charge on any atom is -0.304 e. The van der Waals surface area contributed by atoms with Gasteiger partial charge in [-0.3, -0.25) is 0 Å². The van der Waals surface area contributed by atoms with Crippen molar-refractivity contribution in [1.82, 2.24) is 9.80 Å². The van der Waals surface area contributed by atoms with E-state index in [1.807, 2.05) is 0 Å². The maximum atomic E-state index is 2.73. The first kappa shape index (κ1) is 19.0. The standard InChI is InChI=1S/C19H40N2/c1-4-6-8-10-12-19(13-11-9-7-5-2)18-21-16-14-20(3)15-17-21/h19H,4-18H2,1-3H3. The number of likely N-dealkylation sites (N-methyl/N-ethyl adjacent to an activating group) is 1. The zero-order chi connectivity index (χ0) is 15.3. The fraction of sp³-hybridized carbons (Fsp3) is 1.00. The number of rotatable bonds is 12. The van der Waals surface area contributed by atoms with Crippen LogP contribution in [0.2, 0.25) is 0 Å². The SMILES string of the molecule is CCCCCCC(CCCCCC)CN1CCN(C)CC1. The second kappa shape index (κ2) is 12.5. The molecule has 0 atom stereocenters. The molecule has 0 amide bonds. The van der Waals surface area contributed by atoms with Gasteiger partial charge in [0.05, 0.1) is 0 Å². The minimum atomic E-state index is 0.960. The number of hydrogen-bond acceptors (Lipinski definition) is 2. The molecule has 0 saturated carbocycles. The second-order valence-electron chi connectivity index (χ2n) is 7.17. The van der Waals surface area contributed by atoms with Gasteiger partial charge in [-0.2, -0.15) is 0 Å². The van der Waals surface area contributed by atoms with Gasteiger partial charge in [0.1, 0.15) is 0 Å². The summed E-state index contributed by atoms with van der Waals surface area (Å²) in [6.45, 7) is 11.1. The lowest BCUT2D eigenvalue weighted by Crippen LogP contribution is -2.46. The summed E-state index contributed by atoms with van der Waals surface area (Å²) in [7, 11) is 2.25. The first-order chi connectivity index (χ1) is 10.3. The lowest BCUT2D eigenvalue weighted by molar-refractivity contribution is 0.130. The predicted octanol–water partition coefficient (Wildman–Crippen LogP) is 4.79. The van der Waals surface area contributed by atoms with Gasteiger partial charge >= 0.3 is 0 Å². The quantitative estimate of drug-likeness (QED) is 0.478. The number of piperazine rings is 1. The van der Waals surface area contributed by atoms with Crippen LogP contribution in [-0.2, 0) is 0 Å². The summed E-state index contributed by atoms with van der Waals surface area (Å²) in [5.41, 5.74) is 0. The molecule has 0 aromatic rings. The van der Waals surface area contributed by atoms with Crippen molar-refractivity contribution in [3.05, 3.63) is 0 Å². The third-order valence-electron chi connectivity index (χ3n) is 5.04. The molecule has 21 heavy (non-hydrogen) atoms. The third kappa shape index (κ3) is 9.52. The molecule has 0 radical (unpaired) electrons. The molecule has 126 valence electrons. The van der Waals surface area contributed by atoms with Gasteiger partial charge in [-0.1, -0.05) is 65.2 Å². The van der Waals surface area contributed by atoms with Crippen LogP contribution in [0.4, 0.5) is 0 Å². The second-order valence-corrected chi connectivity index (χ2v) is 7.17. The monoisotopic (exact) mass is 296 g/mol. The van der Waals surface area contributed by atoms with E-state index in [0.29, 0.717) is 0 Å². The van der Waals surface area contributed by atoms with Crippen LogP contribution in [0.1, 0.15) is 78.1 Å². The Hall–Kier alpha value is -0.0800. The average molecular weight is 297 g/mol. The Bertz CT molecular complexity index is 210. The molecule has 1 heterocycles. The molecule has 2 nitrogen and oxygen atoms in total. The van der Waals surface area contributed by atoms with E-state index in [2.05, 4.69) is 30.7 Å². The van der Waals surface area contributed by atoms with Gasteiger partial charge in [-0.25, -0.2) is 0 Å². The lowest BCUT2D eigenvalue weighted by atomic mass is 9.93. The summed E-state index contributed by atoms with van der Waals surface area (Å²) in [5, 5.41) is 0. The van der Waals surface area contributed by atoms with E-state index in [9.17, 15) is 0 Å². The summed E-state index contributed by atoms with van der Waals surface area (Å²) in [6.07, 6.45) is 14.3. The van der Waals surface area contributed by atoms with Crippen molar-refractivity contribution < 1.29 is 0 Å². The smallest absolute Gasteiger partial charge is 0.0110 e. The maximum Gasteiger partial charge on any atom is 0.0110 e. The highest BCUT2D eigenvalue weighted by molar-refractivity contribution is 4.73. The number of hydrogen-bond donors (Lipinski definition) is 0. The first-order valence-corrected chi connectivity index (χ1v) is 9.67. The highest BCUT2D eigenvalue weighted by Crippen LogP contribution is 2.20. The Morgan fingerprint density at radius 2 is 1.24 bits per heavy atom. The first-order valence-electron chi connectivity index (χ1n) is 9.67. The molecular formula is C19H40N2. The predicted molar refractivity (Wildman–Crippen MR) is 94.9 cm³/mol. The molecule has 0 bridgehead atoms. The molecule has 1 rings (SSSR count). The number of unbranched alkanes of at least 4 members (excludes halogenated alkanes) is 6. The van der Waals surface area contributed by atoms with Gasteiger partial charge in [0, 0.05) is 32.7 Å². The normalized spacial score (nSPS) is 17.7. The molecular weight excluding hydrogens is 256 g/mol. The molecule has 1 fully saturated rings. The molecule has 0 aliphatic carbocycles. The molecule has 2 heteroatoms. The highest BCUT2D eigenvalue weighted by Gasteiger charge is 2.18. The van der Waals surface area contributed by atoms with Gasteiger partial charge in [-0.15, -0.1) is 0 Å². The molecule has 0 aromatic heterocycles. The van der Waals surface area contributed by atoms with Crippen LogP contribution in [0.3, 0.4) is 0 Å². The van der Waals surface area contributed by atoms with Crippen LogP contribution in [0.15, 0.2) is 0 Å². The van der Waals surface area contributed by atoms with Gasteiger partial charge < -0.3 is 9.80 Å². The van der Waals surface area contributed by atoms with E-state index in [-0.39, 0.29) is 0 Å². The Kier molecular flexibility index (Phi) is 11.3. The lowest BCUT2D eigenvalue weighted by Gasteiger charge is -2.34. The van der Waals surface area contributed by atoms with Gasteiger partial charge in [0.15, 0.2) is 0 Å². The van der Waals surface area contributed by atoms with Crippen LogP contribution in [0, 0.1) is 5.92 Å². The molecule has 0 aromatic carbocycles. The zero-order valence-electron chi connectivity index (χ0n) is 15.1. The molecule has 1 saturated heterocycles. The van der Waals surface area contributed by atoms with Crippen molar-refractivity contribution in [1.29, 1.82) is 0 Å². The van der Waals surface area contributed by atoms with Crippen molar-refractivity contribution in [3.63, 3.8) is 0 Å². The van der Waals surface area contributed by atoms with Crippen LogP contribution >= 0.6 is 0 Å². The fourth-order valence-corrected chi connectivity index (χ4v) is 3.44. The van der Waals surface area contributed by atoms with Crippen LogP contribution in [-0.4, -0.2) is 49.6 Å². The van der Waals surface area contributed by atoms with Crippen molar-refractivity contribution in [2.45, 2.75) is 78.1 Å². The van der Waals surface area contributed by atoms with E-state index in [1.165, 1.54) is 96.9 Å². The summed E-state index contributed by atoms with van der Waals surface area (Å²) in [5.74, 6) is 0.960. The zero-order valence-corrected chi connectivity index (χ0v) is 15.1. The van der Waals surface area contributed by atoms with E-state index in [0.717, 1.165) is 5.92 Å². The summed E-state index contributed by atoms with van der Waals surface area (Å²) >= 11 is 0. The Labute approximate surface area is 134 Å². The Morgan fingerprint density at radius 1 is 0.714 bits per heavy atom. The summed E-state index contributed by atoms with van der Waals surface area (Å²) in [6, 6.07) is 0. The van der Waals surface area contributed by atoms with E-state index in [1.54, 1.807) is 0 Å². The average Bonchev–Trinajstić information content (AvgIpc) is 2.50. The van der Waals surface area contributed by atoms with Crippen LogP contribution < -0.4 is 0 Å². The maximum absolute atomic E-state index is 2.73. The molecule has 1 aliphatic heterocycles. The third-order valence-corrected chi connectivity index (χ3v) is 5.04. The van der Waals surface area contributed by atoms with Gasteiger partial charge in [0.25, 0.3) is 0 Å². The van der Waals surface area contributed by atoms with E-state index >= 15 is 0 Å². The Morgan fingerprint density at radius 3 is 1.71 bits per heavy atom. The molecule has 0 N–H and O–H groups in total. The minimum absolute atomic E-state index is 0.960. The van der Waals surface area contributed by atoms with Crippen molar-refractivity contribution in [3.8, 4) is 0 Å². The topological polar surface area (TPSA) is 6.48 Å².